The maximum atomic E-state index is 11.6. The largest absolute Gasteiger partial charge is 0.488 e. The van der Waals surface area contributed by atoms with Crippen molar-refractivity contribution in [1.82, 2.24) is 4.98 Å². The number of anilines is 1. The zero-order valence-electron chi connectivity index (χ0n) is 21.0. The Hall–Kier alpha value is -4.13. The van der Waals surface area contributed by atoms with E-state index in [1.54, 1.807) is 42.5 Å². The lowest BCUT2D eigenvalue weighted by molar-refractivity contribution is 0.1000. The molecule has 0 aliphatic carbocycles. The molecule has 0 radical (unpaired) electrons. The number of nitriles is 1. The Kier molecular flexibility index (Phi) is 9.36. The monoisotopic (exact) mass is 545 g/mol. The number of amides is 1. The third kappa shape index (κ3) is 6.85. The fourth-order valence-corrected chi connectivity index (χ4v) is 4.95. The quantitative estimate of drug-likeness (QED) is 0.209. The molecule has 2 atom stereocenters. The van der Waals surface area contributed by atoms with Gasteiger partial charge in [0.25, 0.3) is 0 Å². The predicted molar refractivity (Wildman–Crippen MR) is 147 cm³/mol. The van der Waals surface area contributed by atoms with E-state index in [0.29, 0.717) is 46.4 Å². The minimum atomic E-state index is -1.06. The second-order valence-electron chi connectivity index (χ2n) is 8.79. The van der Waals surface area contributed by atoms with Gasteiger partial charge in [-0.3, -0.25) is 4.79 Å². The van der Waals surface area contributed by atoms with Gasteiger partial charge in [-0.1, -0.05) is 24.3 Å². The van der Waals surface area contributed by atoms with Crippen molar-refractivity contribution in [3.8, 4) is 22.9 Å². The van der Waals surface area contributed by atoms with Gasteiger partial charge in [0.2, 0.25) is 11.6 Å². The second-order valence-corrected chi connectivity index (χ2v) is 9.75. The van der Waals surface area contributed by atoms with E-state index in [1.807, 2.05) is 6.07 Å². The highest BCUT2D eigenvalue weighted by Crippen LogP contribution is 2.43. The fourth-order valence-electron chi connectivity index (χ4n) is 4.02. The maximum absolute atomic E-state index is 11.6. The predicted octanol–water partition coefficient (Wildman–Crippen LogP) is 3.50. The van der Waals surface area contributed by atoms with E-state index < -0.39 is 18.6 Å². The van der Waals surface area contributed by atoms with E-state index in [2.05, 4.69) is 21.2 Å². The van der Waals surface area contributed by atoms with Crippen molar-refractivity contribution in [2.24, 2.45) is 5.73 Å². The number of ether oxygens (including phenoxy) is 2. The van der Waals surface area contributed by atoms with Crippen LogP contribution in [0.15, 0.2) is 53.6 Å². The summed E-state index contributed by atoms with van der Waals surface area (Å²) in [5.41, 5.74) is 7.95. The van der Waals surface area contributed by atoms with Gasteiger partial charge in [-0.15, -0.1) is 11.8 Å². The molecule has 0 spiro atoms. The lowest BCUT2D eigenvalue weighted by atomic mass is 9.99. The molecule has 5 N–H and O–H groups in total. The topological polar surface area (TPSA) is 155 Å². The van der Waals surface area contributed by atoms with Crippen molar-refractivity contribution in [1.29, 1.82) is 5.26 Å². The zero-order valence-corrected chi connectivity index (χ0v) is 21.8. The molecule has 11 heteroatoms. The Balaban J connectivity index is 1.73. The molecular weight excluding hydrogens is 518 g/mol. The Bertz CT molecular complexity index is 1410. The average Bonchev–Trinajstić information content (AvgIpc) is 3.47. The molecule has 39 heavy (non-hydrogen) atoms. The lowest BCUT2D eigenvalue weighted by Gasteiger charge is -2.18. The summed E-state index contributed by atoms with van der Waals surface area (Å²) in [7, 11) is 0. The number of nitrogens with two attached hydrogens (primary N) is 1. The zero-order chi connectivity index (χ0) is 27.8. The number of benzene rings is 2. The summed E-state index contributed by atoms with van der Waals surface area (Å²) in [5, 5.41) is 32.6. The van der Waals surface area contributed by atoms with E-state index in [1.165, 1.54) is 11.8 Å². The molecule has 200 valence electrons. The number of nitrogens with one attached hydrogen (secondary N) is 1. The Morgan fingerprint density at radius 1 is 1.36 bits per heavy atom. The molecule has 0 saturated carbocycles. The van der Waals surface area contributed by atoms with Crippen LogP contribution in [0.3, 0.4) is 0 Å². The van der Waals surface area contributed by atoms with Crippen LogP contribution in [0.1, 0.15) is 27.9 Å². The van der Waals surface area contributed by atoms with E-state index in [-0.39, 0.29) is 29.7 Å². The number of carbonyl (C=O) groups excluding carboxylic acids is 1. The van der Waals surface area contributed by atoms with Crippen molar-refractivity contribution in [2.45, 2.75) is 29.4 Å². The Labute approximate surface area is 230 Å². The number of aromatic nitrogens is 1. The van der Waals surface area contributed by atoms with Gasteiger partial charge < -0.3 is 30.7 Å². The SMILES string of the molecule is [C-]#[N+]c1c(NC[C@H](O)CO)nc(SCc2cccc(C(N)=O)c2)c(C#N)c1-c1ccc(OC2CCOC2)cc1. The molecule has 1 aliphatic rings. The number of aliphatic hydroxyl groups is 2. The van der Waals surface area contributed by atoms with Crippen LogP contribution in [0.5, 0.6) is 5.75 Å². The van der Waals surface area contributed by atoms with Crippen LogP contribution < -0.4 is 15.8 Å². The third-order valence-electron chi connectivity index (χ3n) is 6.00. The van der Waals surface area contributed by atoms with E-state index in [0.717, 1.165) is 12.0 Å². The van der Waals surface area contributed by atoms with Crippen molar-refractivity contribution < 1.29 is 24.5 Å². The molecule has 1 saturated heterocycles. The number of nitrogens with zero attached hydrogens (tertiary/aromatic N) is 3. The van der Waals surface area contributed by atoms with Crippen LogP contribution in [0, 0.1) is 17.9 Å². The van der Waals surface area contributed by atoms with Crippen molar-refractivity contribution in [3.63, 3.8) is 0 Å². The first-order valence-corrected chi connectivity index (χ1v) is 13.2. The summed E-state index contributed by atoms with van der Waals surface area (Å²) in [4.78, 5) is 19.8. The van der Waals surface area contributed by atoms with Gasteiger partial charge in [-0.25, -0.2) is 9.83 Å². The van der Waals surface area contributed by atoms with Crippen molar-refractivity contribution in [3.05, 3.63) is 76.6 Å². The first-order chi connectivity index (χ1) is 18.9. The molecule has 2 aromatic carbocycles. The number of primary amides is 1. The minimum Gasteiger partial charge on any atom is -0.488 e. The maximum Gasteiger partial charge on any atom is 0.248 e. The molecule has 1 aromatic heterocycles. The van der Waals surface area contributed by atoms with Crippen LogP contribution in [-0.4, -0.2) is 59.7 Å². The third-order valence-corrected chi connectivity index (χ3v) is 7.05. The molecule has 4 rings (SSSR count). The first kappa shape index (κ1) is 27.9. The number of rotatable bonds is 11. The molecule has 2 heterocycles. The van der Waals surface area contributed by atoms with E-state index >= 15 is 0 Å². The van der Waals surface area contributed by atoms with Crippen molar-refractivity contribution in [2.75, 3.05) is 31.7 Å². The molecule has 1 aliphatic heterocycles. The Morgan fingerprint density at radius 2 is 2.15 bits per heavy atom. The summed E-state index contributed by atoms with van der Waals surface area (Å²) in [5.74, 6) is 0.681. The average molecular weight is 546 g/mol. The van der Waals surface area contributed by atoms with Gasteiger partial charge in [-0.2, -0.15) is 5.26 Å². The summed E-state index contributed by atoms with van der Waals surface area (Å²) in [6, 6.07) is 16.2. The standard InChI is InChI=1S/C28H27N5O5S/c1-31-25-24(18-5-7-21(8-6-18)38-22-9-10-37-15-22)23(12-29)28(33-27(25)32-13-20(35)14-34)39-16-17-3-2-4-19(11-17)26(30)36/h2-8,11,20,22,34-35H,9-10,13-16H2,(H2,30,36)(H,32,33)/t20-,22?/m0/s1. The summed E-state index contributed by atoms with van der Waals surface area (Å²) in [6.45, 7) is 8.56. The normalized spacial score (nSPS) is 15.2. The number of pyridine rings is 1. The number of thioether (sulfide) groups is 1. The highest BCUT2D eigenvalue weighted by molar-refractivity contribution is 7.98. The molecule has 3 aromatic rings. The van der Waals surface area contributed by atoms with E-state index in [4.69, 9.17) is 21.8 Å². The number of hydrogen-bond acceptors (Lipinski definition) is 9. The minimum absolute atomic E-state index is 0.0185. The van der Waals surface area contributed by atoms with Gasteiger partial charge in [0.1, 0.15) is 28.8 Å². The lowest BCUT2D eigenvalue weighted by Crippen LogP contribution is -2.23. The molecule has 0 bridgehead atoms. The van der Waals surface area contributed by atoms with Crippen LogP contribution >= 0.6 is 11.8 Å². The highest BCUT2D eigenvalue weighted by atomic mass is 32.2. The molecular formula is C28H27N5O5S. The van der Waals surface area contributed by atoms with Crippen LogP contribution in [0.2, 0.25) is 0 Å². The van der Waals surface area contributed by atoms with Gasteiger partial charge >= 0.3 is 0 Å². The van der Waals surface area contributed by atoms with Gasteiger partial charge in [0, 0.05) is 29.8 Å². The number of aliphatic hydroxyl groups excluding tert-OH is 2. The fraction of sp³-hybridized carbons (Fsp3) is 0.286. The van der Waals surface area contributed by atoms with Gasteiger partial charge in [0.15, 0.2) is 0 Å². The van der Waals surface area contributed by atoms with Crippen LogP contribution in [0.4, 0.5) is 11.5 Å². The van der Waals surface area contributed by atoms with Crippen LogP contribution in [-0.2, 0) is 10.5 Å². The molecule has 1 amide bonds. The smallest absolute Gasteiger partial charge is 0.248 e. The molecule has 1 unspecified atom stereocenters. The summed E-state index contributed by atoms with van der Waals surface area (Å²) >= 11 is 1.27. The first-order valence-electron chi connectivity index (χ1n) is 12.2. The summed E-state index contributed by atoms with van der Waals surface area (Å²) < 4.78 is 11.3. The van der Waals surface area contributed by atoms with Crippen LogP contribution in [0.25, 0.3) is 16.0 Å². The highest BCUT2D eigenvalue weighted by Gasteiger charge is 2.23. The number of carbonyl (C=O) groups is 1. The molecule has 1 fully saturated rings. The van der Waals surface area contributed by atoms with Crippen molar-refractivity contribution >= 4 is 29.2 Å². The molecule has 10 nitrogen and oxygen atoms in total. The Morgan fingerprint density at radius 3 is 2.79 bits per heavy atom. The van der Waals surface area contributed by atoms with Gasteiger partial charge in [0.05, 0.1) is 38.1 Å². The number of hydrogen-bond donors (Lipinski definition) is 4. The van der Waals surface area contributed by atoms with E-state index in [9.17, 15) is 20.3 Å². The van der Waals surface area contributed by atoms with Gasteiger partial charge in [-0.05, 0) is 35.4 Å². The second kappa shape index (κ2) is 13.1. The summed E-state index contributed by atoms with van der Waals surface area (Å²) in [6.07, 6.45) is -0.271.